The van der Waals surface area contributed by atoms with Crippen molar-refractivity contribution in [2.24, 2.45) is 24.0 Å². The van der Waals surface area contributed by atoms with E-state index in [1.807, 2.05) is 35.3 Å². The highest BCUT2D eigenvalue weighted by Gasteiger charge is 2.31. The quantitative estimate of drug-likeness (QED) is 0.464. The van der Waals surface area contributed by atoms with Crippen molar-refractivity contribution >= 4 is 23.3 Å². The van der Waals surface area contributed by atoms with Gasteiger partial charge in [0.15, 0.2) is 0 Å². The Kier molecular flexibility index (Phi) is 6.86. The SMILES string of the molecule is Cn1c(N2CC(CCc3ccccc3)C(c3ccc(Cl)cc3)=N2)nn(CC2CCCCC2)c1=O. The van der Waals surface area contributed by atoms with Crippen LogP contribution in [0, 0.1) is 11.8 Å². The van der Waals surface area contributed by atoms with Crippen LogP contribution in [0.5, 0.6) is 0 Å². The van der Waals surface area contributed by atoms with Crippen LogP contribution < -0.4 is 10.7 Å². The van der Waals surface area contributed by atoms with Crippen molar-refractivity contribution in [3.05, 3.63) is 81.2 Å². The molecule has 1 aromatic heterocycles. The van der Waals surface area contributed by atoms with E-state index >= 15 is 0 Å². The second-order valence-corrected chi connectivity index (χ2v) is 10.1. The summed E-state index contributed by atoms with van der Waals surface area (Å²) in [5.74, 6) is 1.40. The van der Waals surface area contributed by atoms with Gasteiger partial charge >= 0.3 is 5.69 Å². The van der Waals surface area contributed by atoms with Crippen LogP contribution >= 0.6 is 11.6 Å². The predicted octanol–water partition coefficient (Wildman–Crippen LogP) is 5.29. The van der Waals surface area contributed by atoms with Crippen LogP contribution in [0.3, 0.4) is 0 Å². The number of aryl methyl sites for hydroxylation is 1. The van der Waals surface area contributed by atoms with Gasteiger partial charge in [0.1, 0.15) is 0 Å². The Morgan fingerprint density at radius 2 is 1.74 bits per heavy atom. The van der Waals surface area contributed by atoms with E-state index in [1.54, 1.807) is 16.3 Å². The van der Waals surface area contributed by atoms with Gasteiger partial charge < -0.3 is 0 Å². The van der Waals surface area contributed by atoms with Gasteiger partial charge in [0.25, 0.3) is 0 Å². The summed E-state index contributed by atoms with van der Waals surface area (Å²) in [6, 6.07) is 18.4. The molecule has 0 N–H and O–H groups in total. The van der Waals surface area contributed by atoms with E-state index in [0.29, 0.717) is 30.0 Å². The third kappa shape index (κ3) is 4.97. The van der Waals surface area contributed by atoms with Crippen LogP contribution in [0.25, 0.3) is 0 Å². The normalized spacial score (nSPS) is 18.9. The van der Waals surface area contributed by atoms with E-state index in [2.05, 4.69) is 24.3 Å². The molecule has 1 aliphatic carbocycles. The lowest BCUT2D eigenvalue weighted by Crippen LogP contribution is -2.27. The summed E-state index contributed by atoms with van der Waals surface area (Å²) in [5.41, 5.74) is 3.36. The maximum Gasteiger partial charge on any atom is 0.347 e. The summed E-state index contributed by atoms with van der Waals surface area (Å²) in [5, 5.41) is 12.4. The topological polar surface area (TPSA) is 55.4 Å². The fraction of sp³-hybridized carbons (Fsp3) is 0.444. The molecule has 3 aromatic rings. The van der Waals surface area contributed by atoms with Crippen molar-refractivity contribution in [1.82, 2.24) is 14.3 Å². The third-order valence-electron chi connectivity index (χ3n) is 7.18. The molecule has 1 unspecified atom stereocenters. The Morgan fingerprint density at radius 1 is 1.00 bits per heavy atom. The number of halogens is 1. The zero-order valence-corrected chi connectivity index (χ0v) is 20.5. The summed E-state index contributed by atoms with van der Waals surface area (Å²) in [6.45, 7) is 1.41. The van der Waals surface area contributed by atoms with Gasteiger partial charge in [-0.25, -0.2) is 14.5 Å². The zero-order chi connectivity index (χ0) is 23.5. The van der Waals surface area contributed by atoms with E-state index in [-0.39, 0.29) is 11.6 Å². The van der Waals surface area contributed by atoms with E-state index in [1.165, 1.54) is 37.7 Å². The average molecular weight is 478 g/mol. The highest BCUT2D eigenvalue weighted by Crippen LogP contribution is 2.28. The number of hydrogen-bond acceptors (Lipinski definition) is 4. The first-order valence-corrected chi connectivity index (χ1v) is 12.8. The monoisotopic (exact) mass is 477 g/mol. The first-order valence-electron chi connectivity index (χ1n) is 12.4. The molecule has 2 aromatic carbocycles. The minimum Gasteiger partial charge on any atom is -0.263 e. The van der Waals surface area contributed by atoms with E-state index in [0.717, 1.165) is 24.1 Å². The summed E-state index contributed by atoms with van der Waals surface area (Å²) in [6.07, 6.45) is 8.12. The van der Waals surface area contributed by atoms with Crippen LogP contribution in [0.1, 0.15) is 49.7 Å². The van der Waals surface area contributed by atoms with E-state index in [9.17, 15) is 4.79 Å². The van der Waals surface area contributed by atoms with Crippen LogP contribution in [0.15, 0.2) is 64.5 Å². The number of benzene rings is 2. The molecular weight excluding hydrogens is 446 g/mol. The fourth-order valence-electron chi connectivity index (χ4n) is 5.24. The Morgan fingerprint density at radius 3 is 2.47 bits per heavy atom. The number of hydrazone groups is 1. The molecule has 7 heteroatoms. The number of aromatic nitrogens is 3. The predicted molar refractivity (Wildman–Crippen MR) is 138 cm³/mol. The van der Waals surface area contributed by atoms with Gasteiger partial charge in [0.05, 0.1) is 12.3 Å². The number of rotatable bonds is 7. The molecule has 1 saturated carbocycles. The lowest BCUT2D eigenvalue weighted by Gasteiger charge is -2.20. The lowest BCUT2D eigenvalue weighted by molar-refractivity contribution is 0.304. The minimum atomic E-state index is -0.0587. The van der Waals surface area contributed by atoms with Gasteiger partial charge in [-0.05, 0) is 54.9 Å². The molecule has 178 valence electrons. The van der Waals surface area contributed by atoms with Gasteiger partial charge in [-0.15, -0.1) is 5.10 Å². The van der Waals surface area contributed by atoms with Crippen LogP contribution in [0.4, 0.5) is 5.95 Å². The van der Waals surface area contributed by atoms with Crippen molar-refractivity contribution in [3.8, 4) is 0 Å². The van der Waals surface area contributed by atoms with Gasteiger partial charge in [-0.2, -0.15) is 5.10 Å². The van der Waals surface area contributed by atoms with E-state index in [4.69, 9.17) is 21.8 Å². The fourth-order valence-corrected chi connectivity index (χ4v) is 5.36. The molecule has 34 heavy (non-hydrogen) atoms. The second kappa shape index (κ2) is 10.2. The van der Waals surface area contributed by atoms with Crippen molar-refractivity contribution in [3.63, 3.8) is 0 Å². The van der Waals surface area contributed by atoms with E-state index < -0.39 is 0 Å². The molecule has 1 aliphatic heterocycles. The summed E-state index contributed by atoms with van der Waals surface area (Å²) < 4.78 is 3.30. The molecule has 0 saturated heterocycles. The highest BCUT2D eigenvalue weighted by atomic mass is 35.5. The number of nitrogens with zero attached hydrogens (tertiary/aromatic N) is 5. The average Bonchev–Trinajstić information content (AvgIpc) is 3.41. The lowest BCUT2D eigenvalue weighted by atomic mass is 9.89. The molecular formula is C27H32ClN5O. The molecule has 0 spiro atoms. The third-order valence-corrected chi connectivity index (χ3v) is 7.43. The van der Waals surface area contributed by atoms with Crippen molar-refractivity contribution in [2.45, 2.75) is 51.5 Å². The molecule has 5 rings (SSSR count). The molecule has 1 atom stereocenters. The number of anilines is 1. The first kappa shape index (κ1) is 22.9. The Hall–Kier alpha value is -2.86. The smallest absolute Gasteiger partial charge is 0.263 e. The second-order valence-electron chi connectivity index (χ2n) is 9.62. The standard InChI is InChI=1S/C27H32ClN5O/c1-31-26(30-33(27(31)34)18-21-10-6-3-7-11-21)32-19-23(13-12-20-8-4-2-5-9-20)25(29-32)22-14-16-24(28)17-15-22/h2,4-5,8-9,14-17,21,23H,3,6-7,10-13,18-19H2,1H3. The van der Waals surface area contributed by atoms with Gasteiger partial charge in [-0.1, -0.05) is 73.3 Å². The van der Waals surface area contributed by atoms with Crippen LogP contribution in [-0.2, 0) is 20.0 Å². The molecule has 2 heterocycles. The van der Waals surface area contributed by atoms with Crippen molar-refractivity contribution in [1.29, 1.82) is 0 Å². The highest BCUT2D eigenvalue weighted by molar-refractivity contribution is 6.30. The van der Waals surface area contributed by atoms with Crippen molar-refractivity contribution < 1.29 is 0 Å². The summed E-state index contributed by atoms with van der Waals surface area (Å²) >= 11 is 6.14. The van der Waals surface area contributed by atoms with Gasteiger partial charge in [0.2, 0.25) is 5.95 Å². The molecule has 0 amide bonds. The zero-order valence-electron chi connectivity index (χ0n) is 19.7. The summed E-state index contributed by atoms with van der Waals surface area (Å²) in [7, 11) is 1.80. The van der Waals surface area contributed by atoms with Gasteiger partial charge in [0, 0.05) is 24.5 Å². The molecule has 0 bridgehead atoms. The molecule has 2 aliphatic rings. The van der Waals surface area contributed by atoms with Crippen LogP contribution in [-0.4, -0.2) is 26.6 Å². The first-order chi connectivity index (χ1) is 16.6. The van der Waals surface area contributed by atoms with Gasteiger partial charge in [-0.3, -0.25) is 4.57 Å². The molecule has 1 fully saturated rings. The van der Waals surface area contributed by atoms with Crippen LogP contribution in [0.2, 0.25) is 5.02 Å². The molecule has 0 radical (unpaired) electrons. The maximum absolute atomic E-state index is 13.0. The molecule has 6 nitrogen and oxygen atoms in total. The summed E-state index contributed by atoms with van der Waals surface area (Å²) in [4.78, 5) is 13.0. The Balaban J connectivity index is 1.40. The minimum absolute atomic E-state index is 0.0587. The Labute approximate surface area is 205 Å². The largest absolute Gasteiger partial charge is 0.347 e. The Bertz CT molecular complexity index is 1190. The number of hydrogen-bond donors (Lipinski definition) is 0. The maximum atomic E-state index is 13.0. The van der Waals surface area contributed by atoms with Crippen molar-refractivity contribution in [2.75, 3.05) is 11.6 Å².